The predicted octanol–water partition coefficient (Wildman–Crippen LogP) is 2.66. The largest absolute Gasteiger partial charge is 0.378 e. The van der Waals surface area contributed by atoms with E-state index in [-0.39, 0.29) is 17.9 Å². The molecule has 2 N–H and O–H groups in total. The molecule has 8 nitrogen and oxygen atoms in total. The van der Waals surface area contributed by atoms with E-state index in [1.807, 2.05) is 41.4 Å². The number of amides is 2. The number of nitrogens with zero attached hydrogens (tertiary/aromatic N) is 3. The number of rotatable bonds is 4. The fraction of sp³-hybridized carbons (Fsp3) is 0.435. The first-order valence-electron chi connectivity index (χ1n) is 11.0. The molecule has 0 spiro atoms. The summed E-state index contributed by atoms with van der Waals surface area (Å²) in [4.78, 5) is 33.0. The van der Waals surface area contributed by atoms with E-state index in [0.29, 0.717) is 38.4 Å². The molecule has 5 rings (SSSR count). The van der Waals surface area contributed by atoms with E-state index in [9.17, 15) is 9.59 Å². The van der Waals surface area contributed by atoms with Gasteiger partial charge in [-0.05, 0) is 37.0 Å². The fourth-order valence-corrected chi connectivity index (χ4v) is 4.64. The van der Waals surface area contributed by atoms with E-state index >= 15 is 0 Å². The Kier molecular flexibility index (Phi) is 5.46. The first kappa shape index (κ1) is 19.8. The summed E-state index contributed by atoms with van der Waals surface area (Å²) in [6, 6.07) is 9.78. The summed E-state index contributed by atoms with van der Waals surface area (Å²) in [5.41, 5.74) is 3.30. The van der Waals surface area contributed by atoms with Gasteiger partial charge < -0.3 is 19.5 Å². The van der Waals surface area contributed by atoms with Gasteiger partial charge in [0.2, 0.25) is 5.91 Å². The van der Waals surface area contributed by atoms with Crippen LogP contribution in [0.15, 0.2) is 36.5 Å². The number of aromatic amines is 2. The molecule has 2 amide bonds. The van der Waals surface area contributed by atoms with Gasteiger partial charge in [-0.15, -0.1) is 0 Å². The van der Waals surface area contributed by atoms with Crippen molar-refractivity contribution in [1.29, 1.82) is 0 Å². The summed E-state index contributed by atoms with van der Waals surface area (Å²) in [6.45, 7) is 3.00. The molecule has 31 heavy (non-hydrogen) atoms. The molecule has 0 saturated carbocycles. The summed E-state index contributed by atoms with van der Waals surface area (Å²) in [6.07, 6.45) is 5.19. The van der Waals surface area contributed by atoms with Gasteiger partial charge >= 0.3 is 0 Å². The SMILES string of the molecule is O=C(c1cc([C@H]2CCCCN2C(=O)Cc2c[nH]c3ccccc23)[nH]n1)N1CCOCC1. The summed E-state index contributed by atoms with van der Waals surface area (Å²) in [5.74, 6) is 0.0170. The number of likely N-dealkylation sites (tertiary alicyclic amines) is 1. The zero-order valence-electron chi connectivity index (χ0n) is 17.5. The molecule has 1 atom stereocenters. The number of benzene rings is 1. The van der Waals surface area contributed by atoms with Crippen molar-refractivity contribution in [2.75, 3.05) is 32.8 Å². The first-order valence-corrected chi connectivity index (χ1v) is 11.0. The van der Waals surface area contributed by atoms with E-state index in [1.165, 1.54) is 0 Å². The Hall–Kier alpha value is -3.13. The second kappa shape index (κ2) is 8.55. The minimum atomic E-state index is -0.0849. The maximum absolute atomic E-state index is 13.3. The lowest BCUT2D eigenvalue weighted by molar-refractivity contribution is -0.134. The smallest absolute Gasteiger partial charge is 0.274 e. The number of piperidine rings is 1. The molecular formula is C23H27N5O3. The van der Waals surface area contributed by atoms with Gasteiger partial charge in [0.25, 0.3) is 5.91 Å². The van der Waals surface area contributed by atoms with E-state index < -0.39 is 0 Å². The maximum atomic E-state index is 13.3. The van der Waals surface area contributed by atoms with Crippen LogP contribution in [0.1, 0.15) is 47.1 Å². The number of ether oxygens (including phenoxy) is 1. The quantitative estimate of drug-likeness (QED) is 0.677. The number of fused-ring (bicyclic) bond motifs is 1. The number of carbonyl (C=O) groups excluding carboxylic acids is 2. The fourth-order valence-electron chi connectivity index (χ4n) is 4.64. The van der Waals surface area contributed by atoms with Crippen molar-refractivity contribution in [1.82, 2.24) is 25.0 Å². The molecule has 2 aliphatic heterocycles. The van der Waals surface area contributed by atoms with E-state index in [0.717, 1.165) is 48.0 Å². The van der Waals surface area contributed by atoms with Gasteiger partial charge in [0, 0.05) is 36.7 Å². The van der Waals surface area contributed by atoms with Crippen LogP contribution in [0.4, 0.5) is 0 Å². The second-order valence-corrected chi connectivity index (χ2v) is 8.25. The lowest BCUT2D eigenvalue weighted by atomic mass is 9.98. The first-order chi connectivity index (χ1) is 15.2. The topological polar surface area (TPSA) is 94.3 Å². The third-order valence-corrected chi connectivity index (χ3v) is 6.31. The molecule has 162 valence electrons. The van der Waals surface area contributed by atoms with Gasteiger partial charge in [0.1, 0.15) is 5.69 Å². The molecular weight excluding hydrogens is 394 g/mol. The molecule has 4 heterocycles. The molecule has 0 radical (unpaired) electrons. The standard InChI is InChI=1S/C23H27N5O3/c29-22(13-16-15-24-18-6-2-1-5-17(16)18)28-8-4-3-7-21(28)19-14-20(26-25-19)23(30)27-9-11-31-12-10-27/h1-2,5-6,14-15,21,24H,3-4,7-13H2,(H,25,26)/t21-/m1/s1. The molecule has 8 heteroatoms. The van der Waals surface area contributed by atoms with Crippen LogP contribution >= 0.6 is 0 Å². The van der Waals surface area contributed by atoms with Crippen LogP contribution in [0.3, 0.4) is 0 Å². The van der Waals surface area contributed by atoms with Crippen LogP contribution < -0.4 is 0 Å². The molecule has 2 fully saturated rings. The van der Waals surface area contributed by atoms with Crippen molar-refractivity contribution in [3.8, 4) is 0 Å². The predicted molar refractivity (Wildman–Crippen MR) is 116 cm³/mol. The molecule has 2 saturated heterocycles. The molecule has 0 aliphatic carbocycles. The van der Waals surface area contributed by atoms with Gasteiger partial charge in [-0.1, -0.05) is 18.2 Å². The molecule has 0 unspecified atom stereocenters. The molecule has 2 aromatic heterocycles. The number of para-hydroxylation sites is 1. The minimum Gasteiger partial charge on any atom is -0.378 e. The maximum Gasteiger partial charge on any atom is 0.274 e. The zero-order chi connectivity index (χ0) is 21.2. The van der Waals surface area contributed by atoms with Crippen LogP contribution in [-0.2, 0) is 16.0 Å². The monoisotopic (exact) mass is 421 g/mol. The van der Waals surface area contributed by atoms with Crippen LogP contribution in [0, 0.1) is 0 Å². The van der Waals surface area contributed by atoms with Crippen molar-refractivity contribution >= 4 is 22.7 Å². The van der Waals surface area contributed by atoms with Gasteiger partial charge in [0.05, 0.1) is 31.4 Å². The Labute approximate surface area is 180 Å². The van der Waals surface area contributed by atoms with Crippen molar-refractivity contribution in [2.24, 2.45) is 0 Å². The van der Waals surface area contributed by atoms with Crippen molar-refractivity contribution in [2.45, 2.75) is 31.7 Å². The second-order valence-electron chi connectivity index (χ2n) is 8.25. The number of carbonyl (C=O) groups is 2. The minimum absolute atomic E-state index is 0.0785. The molecule has 0 bridgehead atoms. The third-order valence-electron chi connectivity index (χ3n) is 6.31. The summed E-state index contributed by atoms with van der Waals surface area (Å²) >= 11 is 0. The number of hydrogen-bond acceptors (Lipinski definition) is 4. The Morgan fingerprint density at radius 2 is 1.97 bits per heavy atom. The average Bonchev–Trinajstić information content (AvgIpc) is 3.47. The highest BCUT2D eigenvalue weighted by Crippen LogP contribution is 2.31. The van der Waals surface area contributed by atoms with Gasteiger partial charge in [-0.2, -0.15) is 5.10 Å². The van der Waals surface area contributed by atoms with Gasteiger partial charge in [-0.25, -0.2) is 0 Å². The van der Waals surface area contributed by atoms with Gasteiger partial charge in [-0.3, -0.25) is 14.7 Å². The summed E-state index contributed by atoms with van der Waals surface area (Å²) < 4.78 is 5.33. The van der Waals surface area contributed by atoms with E-state index in [1.54, 1.807) is 4.90 Å². The number of hydrogen-bond donors (Lipinski definition) is 2. The zero-order valence-corrected chi connectivity index (χ0v) is 17.5. The molecule has 1 aromatic carbocycles. The third kappa shape index (κ3) is 3.95. The Morgan fingerprint density at radius 1 is 1.13 bits per heavy atom. The number of morpholine rings is 1. The van der Waals surface area contributed by atoms with Gasteiger partial charge in [0.15, 0.2) is 0 Å². The van der Waals surface area contributed by atoms with Crippen LogP contribution in [-0.4, -0.2) is 69.6 Å². The van der Waals surface area contributed by atoms with Crippen LogP contribution in [0.5, 0.6) is 0 Å². The van der Waals surface area contributed by atoms with Crippen molar-refractivity contribution < 1.29 is 14.3 Å². The van der Waals surface area contributed by atoms with Crippen LogP contribution in [0.25, 0.3) is 10.9 Å². The highest BCUT2D eigenvalue weighted by atomic mass is 16.5. The molecule has 3 aromatic rings. The number of H-pyrrole nitrogens is 2. The Bertz CT molecular complexity index is 1080. The normalized spacial score (nSPS) is 19.7. The van der Waals surface area contributed by atoms with E-state index in [4.69, 9.17) is 4.74 Å². The van der Waals surface area contributed by atoms with Crippen LogP contribution in [0.2, 0.25) is 0 Å². The number of nitrogens with one attached hydrogen (secondary N) is 2. The number of aromatic nitrogens is 3. The summed E-state index contributed by atoms with van der Waals surface area (Å²) in [5, 5.41) is 8.40. The van der Waals surface area contributed by atoms with E-state index in [2.05, 4.69) is 15.2 Å². The molecule has 2 aliphatic rings. The highest BCUT2D eigenvalue weighted by molar-refractivity contribution is 5.92. The average molecular weight is 422 g/mol. The van der Waals surface area contributed by atoms with Crippen molar-refractivity contribution in [3.05, 3.63) is 53.5 Å². The Balaban J connectivity index is 1.33. The van der Waals surface area contributed by atoms with Crippen molar-refractivity contribution in [3.63, 3.8) is 0 Å². The lowest BCUT2D eigenvalue weighted by Crippen LogP contribution is -2.41. The lowest BCUT2D eigenvalue weighted by Gasteiger charge is -2.35. The highest BCUT2D eigenvalue weighted by Gasteiger charge is 2.31. The summed E-state index contributed by atoms with van der Waals surface area (Å²) in [7, 11) is 0. The Morgan fingerprint density at radius 3 is 2.84 bits per heavy atom.